The van der Waals surface area contributed by atoms with E-state index in [9.17, 15) is 4.79 Å². The maximum atomic E-state index is 11.5. The number of nitrogens with zero attached hydrogens (tertiary/aromatic N) is 2. The smallest absolute Gasteiger partial charge is 0.327 e. The molecule has 0 saturated carbocycles. The van der Waals surface area contributed by atoms with Gasteiger partial charge in [-0.1, -0.05) is 12.2 Å². The Morgan fingerprint density at radius 2 is 2.50 bits per heavy atom. The number of ether oxygens (including phenoxy) is 1. The number of hydrogen-bond acceptors (Lipinski definition) is 3. The van der Waals surface area contributed by atoms with E-state index in [-0.39, 0.29) is 12.5 Å². The number of esters is 1. The molecular formula is C14H20N2O2. The van der Waals surface area contributed by atoms with Crippen molar-refractivity contribution in [3.8, 4) is 0 Å². The van der Waals surface area contributed by atoms with Crippen LogP contribution in [0.2, 0.25) is 0 Å². The maximum absolute atomic E-state index is 11.5. The first-order valence-corrected chi connectivity index (χ1v) is 6.59. The quantitative estimate of drug-likeness (QED) is 0.607. The van der Waals surface area contributed by atoms with Gasteiger partial charge in [0, 0.05) is 17.2 Å². The van der Waals surface area contributed by atoms with Crippen molar-refractivity contribution in [1.82, 2.24) is 9.78 Å². The molecule has 4 nitrogen and oxygen atoms in total. The molecule has 0 radical (unpaired) electrons. The summed E-state index contributed by atoms with van der Waals surface area (Å²) in [6.45, 7) is 4.51. The Bertz CT molecular complexity index is 449. The second-order valence-corrected chi connectivity index (χ2v) is 4.53. The molecule has 0 N–H and O–H groups in total. The van der Waals surface area contributed by atoms with E-state index in [1.807, 2.05) is 20.0 Å². The Kier molecular flexibility index (Phi) is 4.18. The topological polar surface area (TPSA) is 44.1 Å². The standard InChI is InChI=1S/C14H20N2O2/c1-3-6-11-7-5-8-13-12(11)9-15-16(13)10-14(17)18-4-2/h3,6,9,11H,4-5,7-8,10H2,1-2H3/b6-3-. The van der Waals surface area contributed by atoms with Gasteiger partial charge in [-0.05, 0) is 33.1 Å². The van der Waals surface area contributed by atoms with Crippen LogP contribution >= 0.6 is 0 Å². The van der Waals surface area contributed by atoms with Gasteiger partial charge in [-0.2, -0.15) is 5.10 Å². The van der Waals surface area contributed by atoms with Gasteiger partial charge in [-0.15, -0.1) is 0 Å². The summed E-state index contributed by atoms with van der Waals surface area (Å²) in [4.78, 5) is 11.5. The molecule has 0 spiro atoms. The Balaban J connectivity index is 2.17. The molecule has 1 aliphatic rings. The molecule has 0 amide bonds. The second kappa shape index (κ2) is 5.85. The van der Waals surface area contributed by atoms with Gasteiger partial charge in [0.2, 0.25) is 0 Å². The number of carbonyl (C=O) groups excluding carboxylic acids is 1. The van der Waals surface area contributed by atoms with Crippen LogP contribution in [0.1, 0.15) is 43.9 Å². The van der Waals surface area contributed by atoms with Gasteiger partial charge in [-0.25, -0.2) is 0 Å². The summed E-state index contributed by atoms with van der Waals surface area (Å²) < 4.78 is 6.76. The SMILES string of the molecule is C/C=C\C1CCCc2c1cnn2CC(=O)OCC. The zero-order valence-electron chi connectivity index (χ0n) is 11.1. The first kappa shape index (κ1) is 12.9. The van der Waals surface area contributed by atoms with Crippen LogP contribution in [-0.4, -0.2) is 22.4 Å². The maximum Gasteiger partial charge on any atom is 0.327 e. The lowest BCUT2D eigenvalue weighted by molar-refractivity contribution is -0.144. The van der Waals surface area contributed by atoms with E-state index in [2.05, 4.69) is 17.3 Å². The molecule has 2 rings (SSSR count). The fourth-order valence-electron chi connectivity index (χ4n) is 2.55. The lowest BCUT2D eigenvalue weighted by atomic mass is 9.87. The highest BCUT2D eigenvalue weighted by Gasteiger charge is 2.23. The van der Waals surface area contributed by atoms with Crippen LogP contribution in [0.3, 0.4) is 0 Å². The number of hydrogen-bond donors (Lipinski definition) is 0. The largest absolute Gasteiger partial charge is 0.465 e. The third-order valence-corrected chi connectivity index (χ3v) is 3.32. The number of fused-ring (bicyclic) bond motifs is 1. The van der Waals surface area contributed by atoms with E-state index in [0.717, 1.165) is 12.8 Å². The molecule has 0 aliphatic heterocycles. The predicted octanol–water partition coefficient (Wildman–Crippen LogP) is 2.44. The van der Waals surface area contributed by atoms with E-state index in [4.69, 9.17) is 4.74 Å². The molecular weight excluding hydrogens is 228 g/mol. The van der Waals surface area contributed by atoms with Crippen molar-refractivity contribution in [3.63, 3.8) is 0 Å². The zero-order valence-corrected chi connectivity index (χ0v) is 11.1. The highest BCUT2D eigenvalue weighted by molar-refractivity contribution is 5.69. The second-order valence-electron chi connectivity index (χ2n) is 4.53. The number of allylic oxidation sites excluding steroid dienone is 2. The molecule has 18 heavy (non-hydrogen) atoms. The van der Waals surface area contributed by atoms with Gasteiger partial charge in [0.1, 0.15) is 6.54 Å². The van der Waals surface area contributed by atoms with Crippen molar-refractivity contribution in [2.24, 2.45) is 0 Å². The van der Waals surface area contributed by atoms with E-state index in [0.29, 0.717) is 12.5 Å². The highest BCUT2D eigenvalue weighted by Crippen LogP contribution is 2.32. The van der Waals surface area contributed by atoms with E-state index < -0.39 is 0 Å². The molecule has 98 valence electrons. The van der Waals surface area contributed by atoms with Crippen LogP contribution in [0.25, 0.3) is 0 Å². The summed E-state index contributed by atoms with van der Waals surface area (Å²) in [6.07, 6.45) is 9.52. The van der Waals surface area contributed by atoms with Crippen LogP contribution in [0, 0.1) is 0 Å². The molecule has 0 fully saturated rings. The Labute approximate surface area is 108 Å². The summed E-state index contributed by atoms with van der Waals surface area (Å²) in [5, 5.41) is 4.33. The number of rotatable bonds is 4. The average molecular weight is 248 g/mol. The molecule has 0 saturated heterocycles. The fourth-order valence-corrected chi connectivity index (χ4v) is 2.55. The first-order valence-electron chi connectivity index (χ1n) is 6.59. The summed E-state index contributed by atoms with van der Waals surface area (Å²) in [5.41, 5.74) is 2.46. The summed E-state index contributed by atoms with van der Waals surface area (Å²) in [7, 11) is 0. The molecule has 1 aromatic rings. The minimum Gasteiger partial charge on any atom is -0.465 e. The minimum absolute atomic E-state index is 0.212. The van der Waals surface area contributed by atoms with Crippen molar-refractivity contribution >= 4 is 5.97 Å². The number of aromatic nitrogens is 2. The van der Waals surface area contributed by atoms with Gasteiger partial charge in [0.25, 0.3) is 0 Å². The van der Waals surface area contributed by atoms with Gasteiger partial charge in [-0.3, -0.25) is 9.48 Å². The van der Waals surface area contributed by atoms with Crippen molar-refractivity contribution < 1.29 is 9.53 Å². The highest BCUT2D eigenvalue weighted by atomic mass is 16.5. The third kappa shape index (κ3) is 2.63. The van der Waals surface area contributed by atoms with Crippen molar-refractivity contribution in [2.45, 2.75) is 45.6 Å². The van der Waals surface area contributed by atoms with Crippen LogP contribution in [-0.2, 0) is 22.5 Å². The van der Waals surface area contributed by atoms with Crippen LogP contribution in [0.4, 0.5) is 0 Å². The van der Waals surface area contributed by atoms with Gasteiger partial charge < -0.3 is 4.74 Å². The molecule has 0 aromatic carbocycles. The molecule has 1 heterocycles. The Hall–Kier alpha value is -1.58. The van der Waals surface area contributed by atoms with Crippen LogP contribution < -0.4 is 0 Å². The van der Waals surface area contributed by atoms with Crippen LogP contribution in [0.15, 0.2) is 18.3 Å². The average Bonchev–Trinajstić information content (AvgIpc) is 2.74. The fraction of sp³-hybridized carbons (Fsp3) is 0.571. The minimum atomic E-state index is -0.212. The molecule has 1 aliphatic carbocycles. The van der Waals surface area contributed by atoms with E-state index in [1.54, 1.807) is 4.68 Å². The van der Waals surface area contributed by atoms with Crippen molar-refractivity contribution in [3.05, 3.63) is 29.6 Å². The molecule has 1 unspecified atom stereocenters. The zero-order chi connectivity index (χ0) is 13.0. The Morgan fingerprint density at radius 3 is 3.22 bits per heavy atom. The number of carbonyl (C=O) groups is 1. The van der Waals surface area contributed by atoms with Crippen molar-refractivity contribution in [2.75, 3.05) is 6.61 Å². The normalized spacial score (nSPS) is 18.9. The van der Waals surface area contributed by atoms with E-state index >= 15 is 0 Å². The summed E-state index contributed by atoms with van der Waals surface area (Å²) in [6, 6.07) is 0. The van der Waals surface area contributed by atoms with Crippen LogP contribution in [0.5, 0.6) is 0 Å². The Morgan fingerprint density at radius 1 is 1.67 bits per heavy atom. The van der Waals surface area contributed by atoms with Gasteiger partial charge >= 0.3 is 5.97 Å². The lowest BCUT2D eigenvalue weighted by Crippen LogP contribution is -2.18. The molecule has 1 aromatic heterocycles. The van der Waals surface area contributed by atoms with Crippen molar-refractivity contribution in [1.29, 1.82) is 0 Å². The third-order valence-electron chi connectivity index (χ3n) is 3.32. The van der Waals surface area contributed by atoms with Gasteiger partial charge in [0.05, 0.1) is 12.8 Å². The predicted molar refractivity (Wildman–Crippen MR) is 69.4 cm³/mol. The lowest BCUT2D eigenvalue weighted by Gasteiger charge is -2.20. The molecule has 1 atom stereocenters. The molecule has 0 bridgehead atoms. The first-order chi connectivity index (χ1) is 8.76. The summed E-state index contributed by atoms with van der Waals surface area (Å²) in [5.74, 6) is 0.242. The van der Waals surface area contributed by atoms with E-state index in [1.165, 1.54) is 17.7 Å². The monoisotopic (exact) mass is 248 g/mol. The molecule has 4 heteroatoms. The summed E-state index contributed by atoms with van der Waals surface area (Å²) >= 11 is 0. The van der Waals surface area contributed by atoms with Gasteiger partial charge in [0.15, 0.2) is 0 Å².